The molecule has 2 heterocycles. The summed E-state index contributed by atoms with van der Waals surface area (Å²) in [6.07, 6.45) is -0.411. The highest BCUT2D eigenvalue weighted by molar-refractivity contribution is 7.86. The molecule has 3 atom stereocenters. The van der Waals surface area contributed by atoms with E-state index in [9.17, 15) is 8.42 Å². The Bertz CT molecular complexity index is 556. The van der Waals surface area contributed by atoms with Crippen LogP contribution in [0.5, 0.6) is 0 Å². The largest absolute Gasteiger partial charge is 0.316 e. The molecule has 0 radical (unpaired) electrons. The molecule has 104 valence electrons. The number of hydrogen-bond donors (Lipinski definition) is 2. The molecule has 0 saturated carbocycles. The summed E-state index contributed by atoms with van der Waals surface area (Å²) in [5, 5.41) is 6.43. The molecule has 1 aromatic rings. The van der Waals surface area contributed by atoms with Crippen LogP contribution < -0.4 is 10.6 Å². The van der Waals surface area contributed by atoms with Crippen molar-refractivity contribution in [1.29, 1.82) is 0 Å². The Hall–Kier alpha value is -0.950. The fourth-order valence-electron chi connectivity index (χ4n) is 2.75. The lowest BCUT2D eigenvalue weighted by molar-refractivity contribution is 0.147. The van der Waals surface area contributed by atoms with Crippen molar-refractivity contribution in [2.45, 2.75) is 18.0 Å². The number of rotatable bonds is 3. The van der Waals surface area contributed by atoms with Gasteiger partial charge in [-0.2, -0.15) is 8.42 Å². The van der Waals surface area contributed by atoms with Crippen LogP contribution in [0, 0.1) is 18.8 Å². The molecule has 1 aromatic carbocycles. The smallest absolute Gasteiger partial charge is 0.298 e. The first-order valence-corrected chi connectivity index (χ1v) is 7.91. The molecule has 0 spiro atoms. The maximum Gasteiger partial charge on any atom is 0.298 e. The fraction of sp³-hybridized carbons (Fsp3) is 0.538. The van der Waals surface area contributed by atoms with Crippen LogP contribution in [0.2, 0.25) is 0 Å². The zero-order valence-corrected chi connectivity index (χ0v) is 11.6. The van der Waals surface area contributed by atoms with E-state index in [1.54, 1.807) is 24.3 Å². The Balaban J connectivity index is 1.76. The Kier molecular flexibility index (Phi) is 3.34. The van der Waals surface area contributed by atoms with Gasteiger partial charge in [0.15, 0.2) is 0 Å². The zero-order chi connectivity index (χ0) is 13.5. The van der Waals surface area contributed by atoms with Gasteiger partial charge in [-0.3, -0.25) is 5.32 Å². The van der Waals surface area contributed by atoms with Gasteiger partial charge in [-0.1, -0.05) is 17.7 Å². The van der Waals surface area contributed by atoms with Crippen molar-refractivity contribution < 1.29 is 12.6 Å². The number of hydrogen-bond acceptors (Lipinski definition) is 5. The summed E-state index contributed by atoms with van der Waals surface area (Å²) in [6.45, 7) is 4.48. The van der Waals surface area contributed by atoms with E-state index >= 15 is 0 Å². The van der Waals surface area contributed by atoms with E-state index in [0.717, 1.165) is 25.2 Å². The SMILES string of the molecule is Cc1ccc(S(=O)(=O)OC2NCC3CNCC32)cc1. The number of fused-ring (bicyclic) bond motifs is 1. The van der Waals surface area contributed by atoms with Crippen LogP contribution in [-0.4, -0.2) is 34.3 Å². The molecule has 2 saturated heterocycles. The Morgan fingerprint density at radius 1 is 1.16 bits per heavy atom. The van der Waals surface area contributed by atoms with Crippen molar-refractivity contribution in [1.82, 2.24) is 10.6 Å². The van der Waals surface area contributed by atoms with Crippen LogP contribution in [0.15, 0.2) is 29.2 Å². The summed E-state index contributed by atoms with van der Waals surface area (Å²) in [6, 6.07) is 6.73. The highest BCUT2D eigenvalue weighted by atomic mass is 32.2. The first kappa shape index (κ1) is 13.1. The fourth-order valence-corrected chi connectivity index (χ4v) is 3.82. The van der Waals surface area contributed by atoms with E-state index in [4.69, 9.17) is 4.18 Å². The van der Waals surface area contributed by atoms with Crippen molar-refractivity contribution in [2.24, 2.45) is 11.8 Å². The predicted octanol–water partition coefficient (Wildman–Crippen LogP) is 0.465. The molecule has 3 unspecified atom stereocenters. The maximum absolute atomic E-state index is 12.2. The summed E-state index contributed by atoms with van der Waals surface area (Å²) in [7, 11) is -3.69. The average Bonchev–Trinajstić information content (AvgIpc) is 2.95. The Morgan fingerprint density at radius 3 is 2.63 bits per heavy atom. The van der Waals surface area contributed by atoms with Gasteiger partial charge in [-0.05, 0) is 31.5 Å². The second kappa shape index (κ2) is 4.86. The van der Waals surface area contributed by atoms with Crippen molar-refractivity contribution in [3.8, 4) is 0 Å². The van der Waals surface area contributed by atoms with Gasteiger partial charge in [0, 0.05) is 19.0 Å². The van der Waals surface area contributed by atoms with E-state index in [2.05, 4.69) is 10.6 Å². The molecular formula is C13H18N2O3S. The van der Waals surface area contributed by atoms with Gasteiger partial charge in [-0.25, -0.2) is 4.18 Å². The van der Waals surface area contributed by atoms with Crippen LogP contribution in [0.1, 0.15) is 5.56 Å². The molecule has 0 amide bonds. The first-order valence-electron chi connectivity index (χ1n) is 6.50. The quantitative estimate of drug-likeness (QED) is 0.789. The average molecular weight is 282 g/mol. The molecule has 0 aliphatic carbocycles. The Labute approximate surface area is 113 Å². The van der Waals surface area contributed by atoms with E-state index in [1.807, 2.05) is 6.92 Å². The molecule has 2 fully saturated rings. The third-order valence-corrected chi connectivity index (χ3v) is 5.21. The third kappa shape index (κ3) is 2.53. The highest BCUT2D eigenvalue weighted by Gasteiger charge is 2.42. The highest BCUT2D eigenvalue weighted by Crippen LogP contribution is 2.28. The topological polar surface area (TPSA) is 67.4 Å². The van der Waals surface area contributed by atoms with Crippen molar-refractivity contribution in [2.75, 3.05) is 19.6 Å². The van der Waals surface area contributed by atoms with Gasteiger partial charge in [0.25, 0.3) is 10.1 Å². The standard InChI is InChI=1S/C13H18N2O3S/c1-9-2-4-11(5-3-9)19(16,17)18-13-12-8-14-6-10(12)7-15-13/h2-5,10,12-15H,6-8H2,1H3. The first-order chi connectivity index (χ1) is 9.06. The van der Waals surface area contributed by atoms with Crippen molar-refractivity contribution >= 4 is 10.1 Å². The minimum Gasteiger partial charge on any atom is -0.316 e. The minimum atomic E-state index is -3.69. The van der Waals surface area contributed by atoms with Crippen LogP contribution in [0.3, 0.4) is 0 Å². The normalized spacial score (nSPS) is 30.5. The molecule has 2 N–H and O–H groups in total. The van der Waals surface area contributed by atoms with E-state index in [-0.39, 0.29) is 10.8 Å². The van der Waals surface area contributed by atoms with Gasteiger partial charge in [0.1, 0.15) is 6.23 Å². The molecule has 5 nitrogen and oxygen atoms in total. The summed E-state index contributed by atoms with van der Waals surface area (Å²) in [5.41, 5.74) is 1.03. The second-order valence-electron chi connectivity index (χ2n) is 5.27. The van der Waals surface area contributed by atoms with Gasteiger partial charge >= 0.3 is 0 Å². The lowest BCUT2D eigenvalue weighted by atomic mass is 10.00. The van der Waals surface area contributed by atoms with Gasteiger partial charge in [0.05, 0.1) is 4.90 Å². The molecule has 0 bridgehead atoms. The number of aryl methyl sites for hydroxylation is 1. The zero-order valence-electron chi connectivity index (χ0n) is 10.8. The Morgan fingerprint density at radius 2 is 1.89 bits per heavy atom. The molecular weight excluding hydrogens is 264 g/mol. The van der Waals surface area contributed by atoms with Gasteiger partial charge < -0.3 is 5.32 Å². The van der Waals surface area contributed by atoms with Crippen LogP contribution >= 0.6 is 0 Å². The van der Waals surface area contributed by atoms with Gasteiger partial charge in [0.2, 0.25) is 0 Å². The minimum absolute atomic E-state index is 0.217. The van der Waals surface area contributed by atoms with Crippen LogP contribution in [0.4, 0.5) is 0 Å². The van der Waals surface area contributed by atoms with Gasteiger partial charge in [-0.15, -0.1) is 0 Å². The summed E-state index contributed by atoms with van der Waals surface area (Å²) >= 11 is 0. The molecule has 6 heteroatoms. The maximum atomic E-state index is 12.2. The predicted molar refractivity (Wildman–Crippen MR) is 71.1 cm³/mol. The second-order valence-corrected chi connectivity index (χ2v) is 6.85. The molecule has 2 aliphatic heterocycles. The molecule has 3 rings (SSSR count). The van der Waals surface area contributed by atoms with Crippen LogP contribution in [-0.2, 0) is 14.3 Å². The summed E-state index contributed by atoms with van der Waals surface area (Å²) in [4.78, 5) is 0.217. The molecule has 0 aromatic heterocycles. The molecule has 19 heavy (non-hydrogen) atoms. The van der Waals surface area contributed by atoms with E-state index in [1.165, 1.54) is 0 Å². The lowest BCUT2D eigenvalue weighted by Crippen LogP contribution is -2.35. The van der Waals surface area contributed by atoms with Crippen molar-refractivity contribution in [3.05, 3.63) is 29.8 Å². The van der Waals surface area contributed by atoms with E-state index < -0.39 is 16.3 Å². The molecule has 2 aliphatic rings. The van der Waals surface area contributed by atoms with Crippen LogP contribution in [0.25, 0.3) is 0 Å². The van der Waals surface area contributed by atoms with Crippen molar-refractivity contribution in [3.63, 3.8) is 0 Å². The number of nitrogens with one attached hydrogen (secondary N) is 2. The lowest BCUT2D eigenvalue weighted by Gasteiger charge is -2.18. The monoisotopic (exact) mass is 282 g/mol. The third-order valence-electron chi connectivity index (χ3n) is 3.90. The summed E-state index contributed by atoms with van der Waals surface area (Å²) < 4.78 is 29.8. The number of benzene rings is 1. The summed E-state index contributed by atoms with van der Waals surface area (Å²) in [5.74, 6) is 0.707. The van der Waals surface area contributed by atoms with E-state index in [0.29, 0.717) is 5.92 Å².